The minimum Gasteiger partial charge on any atom is -0.354 e. The average Bonchev–Trinajstić information content (AvgIpc) is 2.29. The molecular formula is C13H17N3. The van der Waals surface area contributed by atoms with Crippen molar-refractivity contribution in [3.63, 3.8) is 0 Å². The highest BCUT2D eigenvalue weighted by atomic mass is 15.2. The van der Waals surface area contributed by atoms with Crippen molar-refractivity contribution in [2.45, 2.75) is 32.7 Å². The van der Waals surface area contributed by atoms with Crippen molar-refractivity contribution in [2.24, 2.45) is 5.92 Å². The lowest BCUT2D eigenvalue weighted by Gasteiger charge is -2.37. The molecule has 1 saturated heterocycles. The average molecular weight is 215 g/mol. The van der Waals surface area contributed by atoms with Crippen LogP contribution >= 0.6 is 0 Å². The third-order valence-electron chi connectivity index (χ3n) is 3.31. The number of hydrogen-bond acceptors (Lipinski definition) is 3. The quantitative estimate of drug-likeness (QED) is 0.723. The summed E-state index contributed by atoms with van der Waals surface area (Å²) < 4.78 is 0. The smallest absolute Gasteiger partial charge is 0.130 e. The Balaban J connectivity index is 2.20. The maximum atomic E-state index is 8.87. The fraction of sp³-hybridized carbons (Fsp3) is 0.538. The summed E-state index contributed by atoms with van der Waals surface area (Å²) in [4.78, 5) is 6.67. The second-order valence-electron chi connectivity index (χ2n) is 4.69. The summed E-state index contributed by atoms with van der Waals surface area (Å²) >= 11 is 0. The Kier molecular flexibility index (Phi) is 3.09. The number of piperidine rings is 1. The minimum absolute atomic E-state index is 0.519. The second-order valence-corrected chi connectivity index (χ2v) is 4.69. The zero-order chi connectivity index (χ0) is 11.5. The van der Waals surface area contributed by atoms with Gasteiger partial charge in [-0.05, 0) is 37.8 Å². The van der Waals surface area contributed by atoms with Gasteiger partial charge in [-0.25, -0.2) is 4.98 Å². The third kappa shape index (κ3) is 2.16. The van der Waals surface area contributed by atoms with Crippen molar-refractivity contribution in [1.29, 1.82) is 5.26 Å². The maximum Gasteiger partial charge on any atom is 0.130 e. The molecular weight excluding hydrogens is 198 g/mol. The first kappa shape index (κ1) is 10.9. The molecule has 0 saturated carbocycles. The molecule has 0 radical (unpaired) electrons. The standard InChI is InChI=1S/C13H17N3/c1-10-4-6-16(11(2)7-10)13-8-12(9-14)3-5-15-13/h3,5,8,10-11H,4,6-7H2,1-2H3. The SMILES string of the molecule is CC1CCN(c2cc(C#N)ccn2)C(C)C1. The van der Waals surface area contributed by atoms with Crippen molar-refractivity contribution >= 4 is 5.82 Å². The first-order chi connectivity index (χ1) is 7.70. The van der Waals surface area contributed by atoms with E-state index < -0.39 is 0 Å². The summed E-state index contributed by atoms with van der Waals surface area (Å²) in [6.07, 6.45) is 4.14. The van der Waals surface area contributed by atoms with E-state index in [-0.39, 0.29) is 0 Å². The van der Waals surface area contributed by atoms with Crippen LogP contribution in [0.1, 0.15) is 32.3 Å². The van der Waals surface area contributed by atoms with Gasteiger partial charge in [0, 0.05) is 18.8 Å². The van der Waals surface area contributed by atoms with Gasteiger partial charge in [-0.1, -0.05) is 6.92 Å². The van der Waals surface area contributed by atoms with Gasteiger partial charge in [0.2, 0.25) is 0 Å². The molecule has 3 heteroatoms. The zero-order valence-corrected chi connectivity index (χ0v) is 9.85. The molecule has 1 aromatic heterocycles. The number of aromatic nitrogens is 1. The van der Waals surface area contributed by atoms with Crippen LogP contribution in [0.2, 0.25) is 0 Å². The molecule has 2 rings (SSSR count). The van der Waals surface area contributed by atoms with Gasteiger partial charge in [-0.15, -0.1) is 0 Å². The van der Waals surface area contributed by atoms with E-state index in [2.05, 4.69) is 29.8 Å². The summed E-state index contributed by atoms with van der Waals surface area (Å²) in [5.74, 6) is 1.74. The van der Waals surface area contributed by atoms with Crippen LogP contribution in [-0.2, 0) is 0 Å². The van der Waals surface area contributed by atoms with E-state index in [9.17, 15) is 0 Å². The number of nitriles is 1. The van der Waals surface area contributed by atoms with Crippen LogP contribution < -0.4 is 4.90 Å². The molecule has 2 unspecified atom stereocenters. The number of hydrogen-bond donors (Lipinski definition) is 0. The molecule has 0 aliphatic carbocycles. The van der Waals surface area contributed by atoms with E-state index in [4.69, 9.17) is 5.26 Å². The van der Waals surface area contributed by atoms with E-state index in [1.165, 1.54) is 12.8 Å². The van der Waals surface area contributed by atoms with Gasteiger partial charge in [0.1, 0.15) is 5.82 Å². The topological polar surface area (TPSA) is 39.9 Å². The molecule has 84 valence electrons. The summed E-state index contributed by atoms with van der Waals surface area (Å²) in [5.41, 5.74) is 0.691. The number of nitrogens with zero attached hydrogens (tertiary/aromatic N) is 3. The Morgan fingerprint density at radius 2 is 2.31 bits per heavy atom. The Labute approximate surface area is 96.7 Å². The zero-order valence-electron chi connectivity index (χ0n) is 9.85. The van der Waals surface area contributed by atoms with Crippen molar-refractivity contribution in [2.75, 3.05) is 11.4 Å². The summed E-state index contributed by atoms with van der Waals surface area (Å²) in [7, 11) is 0. The minimum atomic E-state index is 0.519. The normalized spacial score (nSPS) is 25.2. The van der Waals surface area contributed by atoms with Crippen LogP contribution in [0, 0.1) is 17.2 Å². The molecule has 2 atom stereocenters. The molecule has 1 fully saturated rings. The highest BCUT2D eigenvalue weighted by Gasteiger charge is 2.23. The molecule has 1 aliphatic rings. The van der Waals surface area contributed by atoms with Crippen LogP contribution in [0.5, 0.6) is 0 Å². The second kappa shape index (κ2) is 4.52. The summed E-state index contributed by atoms with van der Waals surface area (Å²) in [6, 6.07) is 6.31. The highest BCUT2D eigenvalue weighted by molar-refractivity contribution is 5.46. The van der Waals surface area contributed by atoms with E-state index in [0.29, 0.717) is 11.6 Å². The van der Waals surface area contributed by atoms with Crippen molar-refractivity contribution in [3.05, 3.63) is 23.9 Å². The summed E-state index contributed by atoms with van der Waals surface area (Å²) in [6.45, 7) is 5.58. The van der Waals surface area contributed by atoms with Gasteiger partial charge in [0.25, 0.3) is 0 Å². The molecule has 1 aliphatic heterocycles. The van der Waals surface area contributed by atoms with Gasteiger partial charge in [-0.3, -0.25) is 0 Å². The molecule has 0 spiro atoms. The number of anilines is 1. The number of pyridine rings is 1. The predicted molar refractivity (Wildman–Crippen MR) is 64.2 cm³/mol. The molecule has 2 heterocycles. The lowest BCUT2D eigenvalue weighted by atomic mass is 9.93. The van der Waals surface area contributed by atoms with Gasteiger partial charge >= 0.3 is 0 Å². The molecule has 3 nitrogen and oxygen atoms in total. The molecule has 0 N–H and O–H groups in total. The maximum absolute atomic E-state index is 8.87. The Morgan fingerprint density at radius 1 is 1.50 bits per heavy atom. The highest BCUT2D eigenvalue weighted by Crippen LogP contribution is 2.26. The van der Waals surface area contributed by atoms with Crippen LogP contribution in [0.25, 0.3) is 0 Å². The monoisotopic (exact) mass is 215 g/mol. The lowest BCUT2D eigenvalue weighted by molar-refractivity contribution is 0.376. The van der Waals surface area contributed by atoms with Crippen molar-refractivity contribution in [3.8, 4) is 6.07 Å². The van der Waals surface area contributed by atoms with Crippen molar-refractivity contribution in [1.82, 2.24) is 4.98 Å². The Hall–Kier alpha value is -1.56. The van der Waals surface area contributed by atoms with Gasteiger partial charge in [0.05, 0.1) is 11.6 Å². The lowest BCUT2D eigenvalue weighted by Crippen LogP contribution is -2.40. The van der Waals surface area contributed by atoms with E-state index in [1.54, 1.807) is 12.3 Å². The van der Waals surface area contributed by atoms with Gasteiger partial charge < -0.3 is 4.90 Å². The largest absolute Gasteiger partial charge is 0.354 e. The van der Waals surface area contributed by atoms with Gasteiger partial charge in [-0.2, -0.15) is 5.26 Å². The Morgan fingerprint density at radius 3 is 3.00 bits per heavy atom. The van der Waals surface area contributed by atoms with Crippen LogP contribution in [0.15, 0.2) is 18.3 Å². The van der Waals surface area contributed by atoms with E-state index in [1.807, 2.05) is 6.07 Å². The summed E-state index contributed by atoms with van der Waals surface area (Å²) in [5, 5.41) is 8.87. The third-order valence-corrected chi connectivity index (χ3v) is 3.31. The predicted octanol–water partition coefficient (Wildman–Crippen LogP) is 2.58. The van der Waals surface area contributed by atoms with Crippen LogP contribution in [0.4, 0.5) is 5.82 Å². The fourth-order valence-electron chi connectivity index (χ4n) is 2.39. The number of rotatable bonds is 1. The van der Waals surface area contributed by atoms with E-state index >= 15 is 0 Å². The molecule has 0 aromatic carbocycles. The Bertz CT molecular complexity index is 408. The fourth-order valence-corrected chi connectivity index (χ4v) is 2.39. The molecule has 0 amide bonds. The molecule has 16 heavy (non-hydrogen) atoms. The van der Waals surface area contributed by atoms with Gasteiger partial charge in [0.15, 0.2) is 0 Å². The van der Waals surface area contributed by atoms with Crippen molar-refractivity contribution < 1.29 is 0 Å². The van der Waals surface area contributed by atoms with Crippen LogP contribution in [0.3, 0.4) is 0 Å². The first-order valence-electron chi connectivity index (χ1n) is 5.83. The molecule has 0 bridgehead atoms. The van der Waals surface area contributed by atoms with Crippen LogP contribution in [-0.4, -0.2) is 17.6 Å². The molecule has 1 aromatic rings. The first-order valence-corrected chi connectivity index (χ1v) is 5.83. The van der Waals surface area contributed by atoms with E-state index in [0.717, 1.165) is 18.3 Å².